The first-order valence-corrected chi connectivity index (χ1v) is 10.9. The number of hydrogen-bond acceptors (Lipinski definition) is 3. The van der Waals surface area contributed by atoms with Crippen LogP contribution in [0.5, 0.6) is 5.75 Å². The van der Waals surface area contributed by atoms with Crippen molar-refractivity contribution in [3.05, 3.63) is 102 Å². The predicted octanol–water partition coefficient (Wildman–Crippen LogP) is 5.32. The highest BCUT2D eigenvalue weighted by Gasteiger charge is 2.60. The molecular weight excluding hydrogens is 384 g/mol. The van der Waals surface area contributed by atoms with Crippen molar-refractivity contribution in [2.75, 3.05) is 6.61 Å². The van der Waals surface area contributed by atoms with Crippen molar-refractivity contribution in [3.8, 4) is 5.75 Å². The third-order valence-electron chi connectivity index (χ3n) is 5.91. The van der Waals surface area contributed by atoms with Gasteiger partial charge < -0.3 is 4.74 Å². The zero-order valence-electron chi connectivity index (χ0n) is 17.8. The summed E-state index contributed by atoms with van der Waals surface area (Å²) in [4.78, 5) is 13.0. The third kappa shape index (κ3) is 4.53. The fourth-order valence-electron chi connectivity index (χ4n) is 4.14. The number of hydrazone groups is 1. The molecule has 3 aromatic carbocycles. The highest BCUT2D eigenvalue weighted by Crippen LogP contribution is 2.58. The minimum Gasteiger partial charge on any atom is -0.493 e. The highest BCUT2D eigenvalue weighted by atomic mass is 16.5. The van der Waals surface area contributed by atoms with E-state index in [-0.39, 0.29) is 17.2 Å². The summed E-state index contributed by atoms with van der Waals surface area (Å²) in [6, 6.07) is 28.3. The van der Waals surface area contributed by atoms with Gasteiger partial charge in [0.25, 0.3) is 0 Å². The Balaban J connectivity index is 1.47. The molecule has 3 aromatic rings. The fourth-order valence-corrected chi connectivity index (χ4v) is 4.14. The molecule has 0 aliphatic heterocycles. The van der Waals surface area contributed by atoms with Crippen LogP contribution in [0.25, 0.3) is 0 Å². The number of amides is 1. The molecule has 1 fully saturated rings. The van der Waals surface area contributed by atoms with Crippen molar-refractivity contribution in [3.63, 3.8) is 0 Å². The van der Waals surface area contributed by atoms with Crippen LogP contribution in [0.15, 0.2) is 90.0 Å². The van der Waals surface area contributed by atoms with Crippen LogP contribution in [0.4, 0.5) is 0 Å². The molecule has 1 saturated carbocycles. The maximum atomic E-state index is 13.0. The molecular formula is C27H28N2O2. The van der Waals surface area contributed by atoms with E-state index in [0.29, 0.717) is 6.61 Å². The van der Waals surface area contributed by atoms with Crippen LogP contribution in [0.3, 0.4) is 0 Å². The van der Waals surface area contributed by atoms with Gasteiger partial charge in [-0.2, -0.15) is 5.10 Å². The second kappa shape index (κ2) is 9.61. The van der Waals surface area contributed by atoms with Crippen LogP contribution >= 0.6 is 0 Å². The lowest BCUT2D eigenvalue weighted by Crippen LogP contribution is -2.25. The maximum absolute atomic E-state index is 13.0. The van der Waals surface area contributed by atoms with Gasteiger partial charge >= 0.3 is 0 Å². The number of carbonyl (C=O) groups is 1. The van der Waals surface area contributed by atoms with Crippen molar-refractivity contribution < 1.29 is 9.53 Å². The van der Waals surface area contributed by atoms with E-state index in [1.54, 1.807) is 6.21 Å². The van der Waals surface area contributed by atoms with E-state index in [4.69, 9.17) is 4.74 Å². The molecule has 1 aliphatic carbocycles. The minimum absolute atomic E-state index is 0.0617. The number of rotatable bonds is 9. The molecule has 0 heterocycles. The lowest BCUT2D eigenvalue weighted by Gasteiger charge is -2.18. The Hall–Kier alpha value is -3.40. The van der Waals surface area contributed by atoms with Crippen LogP contribution in [0.2, 0.25) is 0 Å². The largest absolute Gasteiger partial charge is 0.493 e. The molecule has 1 atom stereocenters. The highest BCUT2D eigenvalue weighted by molar-refractivity contribution is 5.88. The Bertz CT molecular complexity index is 992. The first kappa shape index (κ1) is 20.9. The molecule has 0 radical (unpaired) electrons. The summed E-state index contributed by atoms with van der Waals surface area (Å²) in [7, 11) is 0. The molecule has 4 nitrogen and oxygen atoms in total. The number of para-hydroxylation sites is 1. The van der Waals surface area contributed by atoms with Gasteiger partial charge in [0.2, 0.25) is 5.91 Å². The molecule has 0 bridgehead atoms. The summed E-state index contributed by atoms with van der Waals surface area (Å²) in [5.74, 6) is 0.571. The van der Waals surface area contributed by atoms with Crippen molar-refractivity contribution in [2.45, 2.75) is 31.6 Å². The standard InChI is InChI=1S/C27H28N2O2/c1-2-3-18-31-25-17-11-10-12-21(25)20-28-29-26(30)24-19-27(24,22-13-6-4-7-14-22)23-15-8-5-9-16-23/h4-17,20,24H,2-3,18-19H2,1H3,(H,29,30)/b28-20+. The number of benzene rings is 3. The second-order valence-electron chi connectivity index (χ2n) is 7.93. The van der Waals surface area contributed by atoms with Crippen LogP contribution in [0.1, 0.15) is 42.9 Å². The summed E-state index contributed by atoms with van der Waals surface area (Å²) in [5.41, 5.74) is 5.66. The smallest absolute Gasteiger partial charge is 0.244 e. The zero-order valence-corrected chi connectivity index (χ0v) is 17.8. The number of hydrogen-bond donors (Lipinski definition) is 1. The van der Waals surface area contributed by atoms with E-state index in [1.165, 1.54) is 11.1 Å². The Morgan fingerprint density at radius 2 is 1.61 bits per heavy atom. The van der Waals surface area contributed by atoms with Gasteiger partial charge in [-0.15, -0.1) is 0 Å². The summed E-state index contributed by atoms with van der Waals surface area (Å²) < 4.78 is 5.84. The maximum Gasteiger partial charge on any atom is 0.244 e. The molecule has 4 heteroatoms. The van der Waals surface area contributed by atoms with Crippen molar-refractivity contribution >= 4 is 12.1 Å². The molecule has 1 amide bonds. The number of carbonyl (C=O) groups excluding carboxylic acids is 1. The van der Waals surface area contributed by atoms with Gasteiger partial charge in [-0.05, 0) is 36.1 Å². The number of unbranched alkanes of at least 4 members (excludes halogenated alkanes) is 1. The number of ether oxygens (including phenoxy) is 1. The average molecular weight is 413 g/mol. The fraction of sp³-hybridized carbons (Fsp3) is 0.259. The lowest BCUT2D eigenvalue weighted by atomic mass is 9.85. The molecule has 1 aliphatic rings. The van der Waals surface area contributed by atoms with E-state index >= 15 is 0 Å². The summed E-state index contributed by atoms with van der Waals surface area (Å²) in [6.07, 6.45) is 4.52. The van der Waals surface area contributed by atoms with Gasteiger partial charge in [0.1, 0.15) is 5.75 Å². The monoisotopic (exact) mass is 412 g/mol. The summed E-state index contributed by atoms with van der Waals surface area (Å²) >= 11 is 0. The Morgan fingerprint density at radius 1 is 1.00 bits per heavy atom. The number of nitrogens with one attached hydrogen (secondary N) is 1. The van der Waals surface area contributed by atoms with Crippen molar-refractivity contribution in [1.29, 1.82) is 0 Å². The summed E-state index contributed by atoms with van der Waals surface area (Å²) in [6.45, 7) is 2.81. The molecule has 0 aromatic heterocycles. The normalized spacial score (nSPS) is 16.7. The van der Waals surface area contributed by atoms with E-state index in [0.717, 1.165) is 30.6 Å². The van der Waals surface area contributed by atoms with Gasteiger partial charge in [0.15, 0.2) is 0 Å². The van der Waals surface area contributed by atoms with Crippen LogP contribution < -0.4 is 10.2 Å². The molecule has 1 unspecified atom stereocenters. The van der Waals surface area contributed by atoms with Gasteiger partial charge in [0, 0.05) is 11.0 Å². The first-order chi connectivity index (χ1) is 15.3. The van der Waals surface area contributed by atoms with Gasteiger partial charge in [-0.25, -0.2) is 5.43 Å². The lowest BCUT2D eigenvalue weighted by molar-refractivity contribution is -0.122. The van der Waals surface area contributed by atoms with Crippen LogP contribution in [-0.4, -0.2) is 18.7 Å². The van der Waals surface area contributed by atoms with Crippen molar-refractivity contribution in [1.82, 2.24) is 5.43 Å². The summed E-state index contributed by atoms with van der Waals surface area (Å²) in [5, 5.41) is 4.24. The Morgan fingerprint density at radius 3 is 2.26 bits per heavy atom. The molecule has 1 N–H and O–H groups in total. The van der Waals surface area contributed by atoms with Gasteiger partial charge in [0.05, 0.1) is 18.7 Å². The predicted molar refractivity (Wildman–Crippen MR) is 124 cm³/mol. The molecule has 4 rings (SSSR count). The second-order valence-corrected chi connectivity index (χ2v) is 7.93. The number of nitrogens with zero attached hydrogens (tertiary/aromatic N) is 1. The minimum atomic E-state index is -0.288. The van der Waals surface area contributed by atoms with Gasteiger partial charge in [-0.3, -0.25) is 4.79 Å². The van der Waals surface area contributed by atoms with E-state index in [2.05, 4.69) is 41.7 Å². The average Bonchev–Trinajstić information content (AvgIpc) is 3.59. The van der Waals surface area contributed by atoms with E-state index < -0.39 is 0 Å². The third-order valence-corrected chi connectivity index (χ3v) is 5.91. The van der Waals surface area contributed by atoms with Crippen molar-refractivity contribution in [2.24, 2.45) is 11.0 Å². The SMILES string of the molecule is CCCCOc1ccccc1/C=N/NC(=O)C1CC1(c1ccccc1)c1ccccc1. The van der Waals surface area contributed by atoms with E-state index in [1.807, 2.05) is 60.7 Å². The van der Waals surface area contributed by atoms with Crippen LogP contribution in [-0.2, 0) is 10.2 Å². The topological polar surface area (TPSA) is 50.7 Å². The molecule has 158 valence electrons. The molecule has 0 saturated heterocycles. The molecule has 0 spiro atoms. The van der Waals surface area contributed by atoms with Gasteiger partial charge in [-0.1, -0.05) is 86.1 Å². The first-order valence-electron chi connectivity index (χ1n) is 10.9. The Labute approximate surface area is 184 Å². The molecule has 31 heavy (non-hydrogen) atoms. The Kier molecular flexibility index (Phi) is 6.46. The van der Waals surface area contributed by atoms with Crippen LogP contribution in [0, 0.1) is 5.92 Å². The quantitative estimate of drug-likeness (QED) is 0.294. The zero-order chi connectivity index (χ0) is 21.5. The van der Waals surface area contributed by atoms with E-state index in [9.17, 15) is 4.79 Å².